The Kier molecular flexibility index (Phi) is 2.32. The Labute approximate surface area is 110 Å². The van der Waals surface area contributed by atoms with Crippen LogP contribution < -0.4 is 0 Å². The highest BCUT2D eigenvalue weighted by Crippen LogP contribution is 2.31. The van der Waals surface area contributed by atoms with E-state index in [4.69, 9.17) is 0 Å². The number of H-pyrrole nitrogens is 1. The number of rotatable bonds is 2. The van der Waals surface area contributed by atoms with Gasteiger partial charge in [0.15, 0.2) is 17.1 Å². The lowest BCUT2D eigenvalue weighted by molar-refractivity contribution is 0.261. The fraction of sp³-hybridized carbons (Fsp3) is 0.462. The molecule has 6 heteroatoms. The number of aromatic amines is 1. The predicted octanol–water partition coefficient (Wildman–Crippen LogP) is 1.76. The van der Waals surface area contributed by atoms with Crippen molar-refractivity contribution in [1.82, 2.24) is 29.5 Å². The van der Waals surface area contributed by atoms with E-state index >= 15 is 0 Å². The Morgan fingerprint density at radius 3 is 3.26 bits per heavy atom. The van der Waals surface area contributed by atoms with E-state index < -0.39 is 0 Å². The van der Waals surface area contributed by atoms with Gasteiger partial charge in [0.2, 0.25) is 0 Å². The van der Waals surface area contributed by atoms with E-state index in [0.717, 1.165) is 42.1 Å². The monoisotopic (exact) mass is 256 g/mol. The van der Waals surface area contributed by atoms with Crippen LogP contribution in [0.25, 0.3) is 16.8 Å². The lowest BCUT2D eigenvalue weighted by Crippen LogP contribution is -2.24. The van der Waals surface area contributed by atoms with Gasteiger partial charge in [0, 0.05) is 6.20 Å². The van der Waals surface area contributed by atoms with Crippen LogP contribution in [0.4, 0.5) is 0 Å². The molecular formula is C13H16N6. The van der Waals surface area contributed by atoms with Crippen LogP contribution in [-0.2, 0) is 0 Å². The van der Waals surface area contributed by atoms with Crippen LogP contribution in [0.15, 0.2) is 18.5 Å². The molecule has 98 valence electrons. The zero-order valence-electron chi connectivity index (χ0n) is 10.9. The standard InChI is InChI=1S/C13H16N6/c1-2-18-7-3-4-10(18)13-17-16-11-8-15-12-9(19(11)13)5-6-14-12/h5-6,8,10,14H,2-4,7H2,1H3/t10-/m1/s1. The molecule has 0 bridgehead atoms. The first-order chi connectivity index (χ1) is 9.38. The number of nitrogens with zero attached hydrogens (tertiary/aromatic N) is 5. The summed E-state index contributed by atoms with van der Waals surface area (Å²) in [6.45, 7) is 4.41. The summed E-state index contributed by atoms with van der Waals surface area (Å²) in [5.41, 5.74) is 2.76. The first-order valence-corrected chi connectivity index (χ1v) is 6.79. The summed E-state index contributed by atoms with van der Waals surface area (Å²) >= 11 is 0. The zero-order valence-corrected chi connectivity index (χ0v) is 10.9. The average Bonchev–Trinajstić information content (AvgIpc) is 3.15. The van der Waals surface area contributed by atoms with Gasteiger partial charge in [0.1, 0.15) is 0 Å². The molecule has 0 spiro atoms. The third-order valence-corrected chi connectivity index (χ3v) is 4.03. The fourth-order valence-corrected chi connectivity index (χ4v) is 3.11. The molecule has 1 saturated heterocycles. The van der Waals surface area contributed by atoms with Gasteiger partial charge in [-0.05, 0) is 32.0 Å². The summed E-state index contributed by atoms with van der Waals surface area (Å²) in [4.78, 5) is 9.97. The van der Waals surface area contributed by atoms with Gasteiger partial charge in [-0.2, -0.15) is 0 Å². The van der Waals surface area contributed by atoms with Gasteiger partial charge in [-0.1, -0.05) is 6.92 Å². The lowest BCUT2D eigenvalue weighted by atomic mass is 10.2. The number of hydrogen-bond donors (Lipinski definition) is 1. The van der Waals surface area contributed by atoms with Gasteiger partial charge in [-0.3, -0.25) is 9.30 Å². The van der Waals surface area contributed by atoms with Crippen molar-refractivity contribution in [2.24, 2.45) is 0 Å². The first kappa shape index (κ1) is 10.9. The van der Waals surface area contributed by atoms with Crippen molar-refractivity contribution in [3.05, 3.63) is 24.3 Å². The third kappa shape index (κ3) is 1.49. The van der Waals surface area contributed by atoms with Gasteiger partial charge in [0.25, 0.3) is 0 Å². The minimum atomic E-state index is 0.375. The van der Waals surface area contributed by atoms with Crippen LogP contribution in [0.2, 0.25) is 0 Å². The summed E-state index contributed by atoms with van der Waals surface area (Å²) in [5.74, 6) is 1.04. The van der Waals surface area contributed by atoms with Crippen LogP contribution >= 0.6 is 0 Å². The van der Waals surface area contributed by atoms with Gasteiger partial charge in [-0.15, -0.1) is 10.2 Å². The molecular weight excluding hydrogens is 240 g/mol. The summed E-state index contributed by atoms with van der Waals surface area (Å²) in [6.07, 6.45) is 6.07. The zero-order chi connectivity index (χ0) is 12.8. The number of nitrogens with one attached hydrogen (secondary N) is 1. The minimum Gasteiger partial charge on any atom is -0.345 e. The molecule has 4 rings (SSSR count). The first-order valence-electron chi connectivity index (χ1n) is 6.79. The largest absolute Gasteiger partial charge is 0.345 e. The molecule has 1 fully saturated rings. The molecule has 0 radical (unpaired) electrons. The van der Waals surface area contributed by atoms with Crippen molar-refractivity contribution in [2.75, 3.05) is 13.1 Å². The van der Waals surface area contributed by atoms with Crippen LogP contribution in [0.3, 0.4) is 0 Å². The van der Waals surface area contributed by atoms with E-state index in [2.05, 4.69) is 36.4 Å². The van der Waals surface area contributed by atoms with Crippen molar-refractivity contribution < 1.29 is 0 Å². The Morgan fingerprint density at radius 1 is 1.42 bits per heavy atom. The normalized spacial score (nSPS) is 20.8. The Hall–Kier alpha value is -1.95. The molecule has 4 heterocycles. The van der Waals surface area contributed by atoms with Crippen molar-refractivity contribution in [3.63, 3.8) is 0 Å². The van der Waals surface area contributed by atoms with E-state index in [0.29, 0.717) is 6.04 Å². The maximum absolute atomic E-state index is 4.42. The van der Waals surface area contributed by atoms with E-state index in [1.807, 2.05) is 12.3 Å². The molecule has 1 aliphatic rings. The van der Waals surface area contributed by atoms with E-state index in [1.54, 1.807) is 6.20 Å². The topological polar surface area (TPSA) is 62.1 Å². The highest BCUT2D eigenvalue weighted by molar-refractivity contribution is 5.74. The maximum atomic E-state index is 4.42. The van der Waals surface area contributed by atoms with Gasteiger partial charge in [0.05, 0.1) is 17.8 Å². The molecule has 3 aromatic heterocycles. The van der Waals surface area contributed by atoms with E-state index in [-0.39, 0.29) is 0 Å². The predicted molar refractivity (Wildman–Crippen MR) is 71.9 cm³/mol. The number of hydrogen-bond acceptors (Lipinski definition) is 4. The molecule has 1 N–H and O–H groups in total. The smallest absolute Gasteiger partial charge is 0.180 e. The summed E-state index contributed by atoms with van der Waals surface area (Å²) in [7, 11) is 0. The summed E-state index contributed by atoms with van der Waals surface area (Å²) in [5, 5.41) is 8.69. The third-order valence-electron chi connectivity index (χ3n) is 4.03. The minimum absolute atomic E-state index is 0.375. The second kappa shape index (κ2) is 4.03. The molecule has 0 aliphatic carbocycles. The maximum Gasteiger partial charge on any atom is 0.180 e. The molecule has 1 atom stereocenters. The lowest BCUT2D eigenvalue weighted by Gasteiger charge is -2.21. The van der Waals surface area contributed by atoms with Gasteiger partial charge >= 0.3 is 0 Å². The van der Waals surface area contributed by atoms with Crippen molar-refractivity contribution >= 4 is 16.8 Å². The van der Waals surface area contributed by atoms with Gasteiger partial charge < -0.3 is 4.98 Å². The molecule has 0 saturated carbocycles. The highest BCUT2D eigenvalue weighted by atomic mass is 15.3. The molecule has 0 aromatic carbocycles. The molecule has 3 aromatic rings. The average molecular weight is 256 g/mol. The molecule has 0 unspecified atom stereocenters. The molecule has 0 amide bonds. The van der Waals surface area contributed by atoms with Crippen molar-refractivity contribution in [2.45, 2.75) is 25.8 Å². The summed E-state index contributed by atoms with van der Waals surface area (Å²) in [6, 6.07) is 2.41. The van der Waals surface area contributed by atoms with Crippen LogP contribution in [0.1, 0.15) is 31.6 Å². The second-order valence-electron chi connectivity index (χ2n) is 5.01. The summed E-state index contributed by atoms with van der Waals surface area (Å²) < 4.78 is 2.14. The van der Waals surface area contributed by atoms with E-state index in [9.17, 15) is 0 Å². The van der Waals surface area contributed by atoms with Crippen LogP contribution in [0, 0.1) is 0 Å². The van der Waals surface area contributed by atoms with Crippen molar-refractivity contribution in [3.8, 4) is 0 Å². The highest BCUT2D eigenvalue weighted by Gasteiger charge is 2.29. The fourth-order valence-electron chi connectivity index (χ4n) is 3.11. The molecule has 1 aliphatic heterocycles. The number of fused-ring (bicyclic) bond motifs is 3. The number of aromatic nitrogens is 5. The number of likely N-dealkylation sites (tertiary alicyclic amines) is 1. The SMILES string of the molecule is CCN1CCC[C@@H]1c1nnc2cnc3[nH]ccc3n12. The molecule has 19 heavy (non-hydrogen) atoms. The van der Waals surface area contributed by atoms with Crippen LogP contribution in [-0.4, -0.2) is 42.6 Å². The Balaban J connectivity index is 1.96. The second-order valence-corrected chi connectivity index (χ2v) is 5.01. The van der Waals surface area contributed by atoms with Crippen LogP contribution in [0.5, 0.6) is 0 Å². The van der Waals surface area contributed by atoms with E-state index in [1.165, 1.54) is 6.42 Å². The molecule has 6 nitrogen and oxygen atoms in total. The van der Waals surface area contributed by atoms with Gasteiger partial charge in [-0.25, -0.2) is 4.98 Å². The Bertz CT molecular complexity index is 727. The van der Waals surface area contributed by atoms with Crippen molar-refractivity contribution in [1.29, 1.82) is 0 Å². The Morgan fingerprint density at radius 2 is 2.37 bits per heavy atom. The quantitative estimate of drug-likeness (QED) is 0.759.